The van der Waals surface area contributed by atoms with Gasteiger partial charge in [0, 0.05) is 17.3 Å². The maximum atomic E-state index is 12.7. The van der Waals surface area contributed by atoms with Crippen molar-refractivity contribution in [3.63, 3.8) is 0 Å². The largest absolute Gasteiger partial charge is 0.478 e. The zero-order valence-electron chi connectivity index (χ0n) is 12.7. The summed E-state index contributed by atoms with van der Waals surface area (Å²) < 4.78 is 27.8. The van der Waals surface area contributed by atoms with Crippen molar-refractivity contribution in [2.75, 3.05) is 4.72 Å². The summed E-state index contributed by atoms with van der Waals surface area (Å²) in [4.78, 5) is 15.3. The fraction of sp³-hybridized carbons (Fsp3) is 0.0588. The van der Waals surface area contributed by atoms with E-state index < -0.39 is 16.0 Å². The third kappa shape index (κ3) is 3.07. The first-order chi connectivity index (χ1) is 11.4. The Hall–Kier alpha value is -2.93. The van der Waals surface area contributed by atoms with E-state index >= 15 is 0 Å². The lowest BCUT2D eigenvalue weighted by Gasteiger charge is -2.11. The number of carboxylic acid groups (broad SMARTS) is 1. The molecule has 0 saturated carbocycles. The minimum absolute atomic E-state index is 0.00173. The van der Waals surface area contributed by atoms with Gasteiger partial charge in [-0.05, 0) is 42.8 Å². The molecule has 0 radical (unpaired) electrons. The number of aromatic nitrogens is 1. The van der Waals surface area contributed by atoms with E-state index in [9.17, 15) is 13.2 Å². The van der Waals surface area contributed by atoms with E-state index in [0.29, 0.717) is 5.52 Å². The van der Waals surface area contributed by atoms with Crippen molar-refractivity contribution < 1.29 is 18.3 Å². The van der Waals surface area contributed by atoms with Crippen molar-refractivity contribution in [2.24, 2.45) is 0 Å². The van der Waals surface area contributed by atoms with Crippen LogP contribution in [0.4, 0.5) is 5.69 Å². The van der Waals surface area contributed by atoms with Crippen LogP contribution >= 0.6 is 0 Å². The second kappa shape index (κ2) is 5.93. The van der Waals surface area contributed by atoms with E-state index in [1.165, 1.54) is 30.3 Å². The molecule has 1 aromatic heterocycles. The topological polar surface area (TPSA) is 96.4 Å². The van der Waals surface area contributed by atoms with Gasteiger partial charge in [0.05, 0.1) is 11.1 Å². The lowest BCUT2D eigenvalue weighted by molar-refractivity contribution is 0.0697. The molecule has 0 aliphatic heterocycles. The molecule has 24 heavy (non-hydrogen) atoms. The molecule has 0 unspecified atom stereocenters. The molecule has 7 heteroatoms. The molecular formula is C17H14N2O4S. The molecule has 2 N–H and O–H groups in total. The van der Waals surface area contributed by atoms with Gasteiger partial charge < -0.3 is 5.11 Å². The van der Waals surface area contributed by atoms with Crippen LogP contribution in [0.5, 0.6) is 0 Å². The standard InChI is InChI=1S/C17H14N2O4S/c1-11-8-12-4-3-7-15(16(12)18-10-11)24(22,23)19-14-6-2-5-13(9-14)17(20)21/h2-10,19H,1H3,(H,20,21). The summed E-state index contributed by atoms with van der Waals surface area (Å²) in [6, 6.07) is 12.4. The van der Waals surface area contributed by atoms with Gasteiger partial charge in [-0.25, -0.2) is 13.2 Å². The van der Waals surface area contributed by atoms with E-state index in [0.717, 1.165) is 10.9 Å². The number of nitrogens with zero attached hydrogens (tertiary/aromatic N) is 1. The lowest BCUT2D eigenvalue weighted by atomic mass is 10.2. The minimum atomic E-state index is -3.90. The van der Waals surface area contributed by atoms with Gasteiger partial charge in [0.25, 0.3) is 10.0 Å². The van der Waals surface area contributed by atoms with E-state index in [1.54, 1.807) is 18.3 Å². The molecule has 0 amide bonds. The Morgan fingerprint density at radius 2 is 1.88 bits per heavy atom. The second-order valence-corrected chi connectivity index (χ2v) is 6.98. The summed E-state index contributed by atoms with van der Waals surface area (Å²) in [5, 5.41) is 9.72. The number of carbonyl (C=O) groups is 1. The number of fused-ring (bicyclic) bond motifs is 1. The Kier molecular flexibility index (Phi) is 3.94. The van der Waals surface area contributed by atoms with E-state index in [2.05, 4.69) is 9.71 Å². The summed E-state index contributed by atoms with van der Waals surface area (Å²) in [6.07, 6.45) is 1.60. The molecular weight excluding hydrogens is 328 g/mol. The number of pyridine rings is 1. The maximum Gasteiger partial charge on any atom is 0.335 e. The summed E-state index contributed by atoms with van der Waals surface area (Å²) in [7, 11) is -3.90. The molecule has 1 heterocycles. The average Bonchev–Trinajstić information content (AvgIpc) is 2.53. The summed E-state index contributed by atoms with van der Waals surface area (Å²) in [6.45, 7) is 1.88. The molecule has 6 nitrogen and oxygen atoms in total. The first kappa shape index (κ1) is 15.9. The van der Waals surface area contributed by atoms with Crippen molar-refractivity contribution >= 4 is 32.6 Å². The Morgan fingerprint density at radius 3 is 2.62 bits per heavy atom. The number of nitrogens with one attached hydrogen (secondary N) is 1. The predicted octanol–water partition coefficient (Wildman–Crippen LogP) is 3.04. The van der Waals surface area contributed by atoms with Gasteiger partial charge in [0.1, 0.15) is 4.90 Å². The number of hydrogen-bond acceptors (Lipinski definition) is 4. The van der Waals surface area contributed by atoms with Crippen LogP contribution in [-0.4, -0.2) is 24.5 Å². The van der Waals surface area contributed by atoms with Gasteiger partial charge in [-0.3, -0.25) is 9.71 Å². The Bertz CT molecular complexity index is 1050. The molecule has 0 aliphatic rings. The summed E-state index contributed by atoms with van der Waals surface area (Å²) >= 11 is 0. The lowest BCUT2D eigenvalue weighted by Crippen LogP contribution is -2.14. The van der Waals surface area contributed by atoms with Crippen molar-refractivity contribution in [3.05, 3.63) is 65.9 Å². The van der Waals surface area contributed by atoms with Crippen LogP contribution in [0.3, 0.4) is 0 Å². The average molecular weight is 342 g/mol. The number of rotatable bonds is 4. The highest BCUT2D eigenvalue weighted by molar-refractivity contribution is 7.93. The van der Waals surface area contributed by atoms with Crippen molar-refractivity contribution in [1.29, 1.82) is 0 Å². The van der Waals surface area contributed by atoms with Gasteiger partial charge in [-0.15, -0.1) is 0 Å². The van der Waals surface area contributed by atoms with Crippen LogP contribution in [-0.2, 0) is 10.0 Å². The van der Waals surface area contributed by atoms with Crippen molar-refractivity contribution in [2.45, 2.75) is 11.8 Å². The monoisotopic (exact) mass is 342 g/mol. The highest BCUT2D eigenvalue weighted by Gasteiger charge is 2.19. The molecule has 0 aliphatic carbocycles. The van der Waals surface area contributed by atoms with Crippen molar-refractivity contribution in [3.8, 4) is 0 Å². The molecule has 122 valence electrons. The summed E-state index contributed by atoms with van der Waals surface area (Å²) in [5.74, 6) is -1.13. The fourth-order valence-electron chi connectivity index (χ4n) is 2.39. The zero-order valence-corrected chi connectivity index (χ0v) is 13.5. The smallest absolute Gasteiger partial charge is 0.335 e. The number of carboxylic acids is 1. The Balaban J connectivity index is 2.06. The van der Waals surface area contributed by atoms with Gasteiger partial charge in [-0.2, -0.15) is 0 Å². The molecule has 3 aromatic rings. The van der Waals surface area contributed by atoms with Gasteiger partial charge >= 0.3 is 5.97 Å². The minimum Gasteiger partial charge on any atom is -0.478 e. The summed E-state index contributed by atoms with van der Waals surface area (Å²) in [5.41, 5.74) is 1.48. The molecule has 3 rings (SSSR count). The maximum absolute atomic E-state index is 12.7. The number of benzene rings is 2. The van der Waals surface area contributed by atoms with Gasteiger partial charge in [-0.1, -0.05) is 18.2 Å². The van der Waals surface area contributed by atoms with E-state index in [1.807, 2.05) is 13.0 Å². The van der Waals surface area contributed by atoms with Gasteiger partial charge in [0.15, 0.2) is 0 Å². The van der Waals surface area contributed by atoms with Crippen LogP contribution in [0.15, 0.2) is 59.6 Å². The molecule has 0 bridgehead atoms. The molecule has 2 aromatic carbocycles. The fourth-order valence-corrected chi connectivity index (χ4v) is 3.62. The van der Waals surface area contributed by atoms with E-state index in [4.69, 9.17) is 5.11 Å². The molecule has 0 fully saturated rings. The van der Waals surface area contributed by atoms with Crippen LogP contribution < -0.4 is 4.72 Å². The molecule has 0 saturated heterocycles. The third-order valence-corrected chi connectivity index (χ3v) is 4.87. The quantitative estimate of drug-likeness (QED) is 0.759. The van der Waals surface area contributed by atoms with Gasteiger partial charge in [0.2, 0.25) is 0 Å². The number of sulfonamides is 1. The number of aryl methyl sites for hydroxylation is 1. The molecule has 0 atom stereocenters. The van der Waals surface area contributed by atoms with Crippen LogP contribution in [0.25, 0.3) is 10.9 Å². The van der Waals surface area contributed by atoms with Crippen LogP contribution in [0, 0.1) is 6.92 Å². The Labute approximate surface area is 138 Å². The third-order valence-electron chi connectivity index (χ3n) is 3.46. The van der Waals surface area contributed by atoms with E-state index in [-0.39, 0.29) is 16.1 Å². The number of anilines is 1. The first-order valence-corrected chi connectivity index (χ1v) is 8.57. The Morgan fingerprint density at radius 1 is 1.12 bits per heavy atom. The van der Waals surface area contributed by atoms with Crippen LogP contribution in [0.1, 0.15) is 15.9 Å². The molecule has 0 spiro atoms. The normalized spacial score (nSPS) is 11.4. The highest BCUT2D eigenvalue weighted by atomic mass is 32.2. The number of hydrogen-bond donors (Lipinski definition) is 2. The second-order valence-electron chi connectivity index (χ2n) is 5.33. The number of aromatic carboxylic acids is 1. The van der Waals surface area contributed by atoms with Crippen LogP contribution in [0.2, 0.25) is 0 Å². The first-order valence-electron chi connectivity index (χ1n) is 7.08. The SMILES string of the molecule is Cc1cnc2c(S(=O)(=O)Nc3cccc(C(=O)O)c3)cccc2c1. The zero-order chi connectivity index (χ0) is 17.3. The number of para-hydroxylation sites is 1. The highest BCUT2D eigenvalue weighted by Crippen LogP contribution is 2.24. The van der Waals surface area contributed by atoms with Crippen molar-refractivity contribution in [1.82, 2.24) is 4.98 Å². The predicted molar refractivity (Wildman–Crippen MR) is 90.7 cm³/mol.